The van der Waals surface area contributed by atoms with E-state index in [0.717, 1.165) is 49.2 Å². The number of thiazole rings is 1. The van der Waals surface area contributed by atoms with Crippen molar-refractivity contribution in [3.63, 3.8) is 0 Å². The van der Waals surface area contributed by atoms with E-state index in [1.165, 1.54) is 11.3 Å². The van der Waals surface area contributed by atoms with Crippen LogP contribution in [0.3, 0.4) is 0 Å². The van der Waals surface area contributed by atoms with Crippen molar-refractivity contribution < 1.29 is 8.42 Å². The van der Waals surface area contributed by atoms with Gasteiger partial charge in [-0.05, 0) is 32.6 Å². The van der Waals surface area contributed by atoms with Gasteiger partial charge in [-0.15, -0.1) is 11.3 Å². The lowest BCUT2D eigenvalue weighted by Crippen LogP contribution is -2.44. The number of rotatable bonds is 6. The molecule has 0 spiro atoms. The van der Waals surface area contributed by atoms with Gasteiger partial charge in [0.05, 0.1) is 11.2 Å². The Labute approximate surface area is 146 Å². The van der Waals surface area contributed by atoms with E-state index >= 15 is 0 Å². The molecule has 130 valence electrons. The van der Waals surface area contributed by atoms with Crippen molar-refractivity contribution in [2.75, 3.05) is 0 Å². The van der Waals surface area contributed by atoms with Crippen LogP contribution in [0.1, 0.15) is 62.1 Å². The van der Waals surface area contributed by atoms with E-state index in [1.807, 2.05) is 12.3 Å². The highest BCUT2D eigenvalue weighted by atomic mass is 32.2. The lowest BCUT2D eigenvalue weighted by Gasteiger charge is -2.27. The van der Waals surface area contributed by atoms with Gasteiger partial charge in [0.15, 0.2) is 5.03 Å². The van der Waals surface area contributed by atoms with Crippen LogP contribution in [-0.4, -0.2) is 23.2 Å². The van der Waals surface area contributed by atoms with Gasteiger partial charge in [-0.1, -0.05) is 12.8 Å². The lowest BCUT2D eigenvalue weighted by atomic mass is 10.0. The molecule has 2 aromatic rings. The van der Waals surface area contributed by atoms with Gasteiger partial charge in [0.2, 0.25) is 0 Å². The van der Waals surface area contributed by atoms with Crippen LogP contribution >= 0.6 is 11.3 Å². The summed E-state index contributed by atoms with van der Waals surface area (Å²) in [7, 11) is -3.64. The molecule has 0 amide bonds. The predicted octanol–water partition coefficient (Wildman–Crippen LogP) is 2.98. The molecule has 2 heterocycles. The Balaban J connectivity index is 1.70. The molecular weight excluding hydrogens is 344 g/mol. The fourth-order valence-corrected chi connectivity index (χ4v) is 6.11. The van der Waals surface area contributed by atoms with Crippen LogP contribution in [0.2, 0.25) is 0 Å². The minimum absolute atomic E-state index is 0.287. The highest BCUT2D eigenvalue weighted by Crippen LogP contribution is 2.42. The first kappa shape index (κ1) is 16.2. The van der Waals surface area contributed by atoms with Crippen LogP contribution in [0, 0.1) is 0 Å². The lowest BCUT2D eigenvalue weighted by molar-refractivity contribution is 0.399. The SMILES string of the molecule is CCn1nc(C2CC2)cc1S(=O)(=O)NC1(c2nccs2)CCCC1. The van der Waals surface area contributed by atoms with Gasteiger partial charge in [-0.25, -0.2) is 13.4 Å². The molecule has 4 rings (SSSR count). The van der Waals surface area contributed by atoms with E-state index in [2.05, 4.69) is 14.8 Å². The smallest absolute Gasteiger partial charge is 0.253 e. The maximum Gasteiger partial charge on any atom is 0.258 e. The molecule has 6 nitrogen and oxygen atoms in total. The monoisotopic (exact) mass is 366 g/mol. The minimum Gasteiger partial charge on any atom is -0.253 e. The number of hydrogen-bond donors (Lipinski definition) is 1. The molecule has 0 aliphatic heterocycles. The van der Waals surface area contributed by atoms with Crippen molar-refractivity contribution in [3.8, 4) is 0 Å². The van der Waals surface area contributed by atoms with Crippen molar-refractivity contribution in [2.24, 2.45) is 0 Å². The second kappa shape index (κ2) is 5.93. The van der Waals surface area contributed by atoms with Gasteiger partial charge in [0.1, 0.15) is 5.01 Å². The van der Waals surface area contributed by atoms with Gasteiger partial charge in [-0.2, -0.15) is 9.82 Å². The third-order valence-corrected chi connectivity index (χ3v) is 7.48. The zero-order valence-electron chi connectivity index (χ0n) is 13.7. The van der Waals surface area contributed by atoms with E-state index in [4.69, 9.17) is 0 Å². The van der Waals surface area contributed by atoms with Crippen LogP contribution in [0.25, 0.3) is 0 Å². The van der Waals surface area contributed by atoms with Gasteiger partial charge in [0.25, 0.3) is 10.0 Å². The van der Waals surface area contributed by atoms with Gasteiger partial charge in [-0.3, -0.25) is 4.68 Å². The molecule has 2 aliphatic rings. The largest absolute Gasteiger partial charge is 0.258 e. The summed E-state index contributed by atoms with van der Waals surface area (Å²) in [5.41, 5.74) is 0.349. The Morgan fingerprint density at radius 1 is 1.38 bits per heavy atom. The molecule has 0 aromatic carbocycles. The third kappa shape index (κ3) is 2.80. The first-order chi connectivity index (χ1) is 11.5. The van der Waals surface area contributed by atoms with Crippen LogP contribution in [0.4, 0.5) is 0 Å². The summed E-state index contributed by atoms with van der Waals surface area (Å²) in [6.07, 6.45) is 7.60. The van der Waals surface area contributed by atoms with E-state index in [9.17, 15) is 8.42 Å². The number of aromatic nitrogens is 3. The zero-order chi connectivity index (χ0) is 16.8. The second-order valence-corrected chi connectivity index (χ2v) is 9.25. The summed E-state index contributed by atoms with van der Waals surface area (Å²) in [6.45, 7) is 2.47. The summed E-state index contributed by atoms with van der Waals surface area (Å²) in [5, 5.41) is 7.57. The Hall–Kier alpha value is -1.25. The van der Waals surface area contributed by atoms with Crippen molar-refractivity contribution >= 4 is 21.4 Å². The van der Waals surface area contributed by atoms with Crippen LogP contribution in [0.5, 0.6) is 0 Å². The predicted molar refractivity (Wildman–Crippen MR) is 92.5 cm³/mol. The average molecular weight is 367 g/mol. The number of nitrogens with zero attached hydrogens (tertiary/aromatic N) is 3. The minimum atomic E-state index is -3.64. The van der Waals surface area contributed by atoms with Crippen molar-refractivity contribution in [1.29, 1.82) is 0 Å². The molecule has 1 N–H and O–H groups in total. The maximum atomic E-state index is 13.1. The fourth-order valence-electron chi connectivity index (χ4n) is 3.55. The molecule has 8 heteroatoms. The average Bonchev–Trinajstić information content (AvgIpc) is 3.01. The molecule has 0 atom stereocenters. The summed E-state index contributed by atoms with van der Waals surface area (Å²) in [5.74, 6) is 0.436. The maximum absolute atomic E-state index is 13.1. The Bertz CT molecular complexity index is 816. The van der Waals surface area contributed by atoms with Gasteiger partial charge >= 0.3 is 0 Å². The molecule has 2 aromatic heterocycles. The van der Waals surface area contributed by atoms with Crippen molar-refractivity contribution in [1.82, 2.24) is 19.5 Å². The number of sulfonamides is 1. The van der Waals surface area contributed by atoms with Crippen molar-refractivity contribution in [2.45, 2.75) is 68.5 Å². The summed E-state index contributed by atoms with van der Waals surface area (Å²) >= 11 is 1.52. The van der Waals surface area contributed by atoms with Crippen LogP contribution < -0.4 is 4.72 Å². The Kier molecular flexibility index (Phi) is 4.01. The van der Waals surface area contributed by atoms with Crippen LogP contribution in [-0.2, 0) is 22.1 Å². The summed E-state index contributed by atoms with van der Waals surface area (Å²) in [6, 6.07) is 1.76. The fraction of sp³-hybridized carbons (Fsp3) is 0.625. The van der Waals surface area contributed by atoms with Gasteiger partial charge in [0, 0.05) is 30.1 Å². The molecule has 24 heavy (non-hydrogen) atoms. The third-order valence-electron chi connectivity index (χ3n) is 4.96. The van der Waals surface area contributed by atoms with E-state index in [-0.39, 0.29) is 5.03 Å². The molecule has 2 fully saturated rings. The van der Waals surface area contributed by atoms with E-state index in [0.29, 0.717) is 12.5 Å². The molecule has 2 saturated carbocycles. The Morgan fingerprint density at radius 3 is 2.71 bits per heavy atom. The summed E-state index contributed by atoms with van der Waals surface area (Å²) in [4.78, 5) is 4.40. The quantitative estimate of drug-likeness (QED) is 0.853. The number of aryl methyl sites for hydroxylation is 1. The molecule has 0 bridgehead atoms. The Morgan fingerprint density at radius 2 is 2.12 bits per heavy atom. The molecule has 0 saturated heterocycles. The molecule has 0 unspecified atom stereocenters. The highest BCUT2D eigenvalue weighted by molar-refractivity contribution is 7.89. The first-order valence-electron chi connectivity index (χ1n) is 8.56. The zero-order valence-corrected chi connectivity index (χ0v) is 15.4. The first-order valence-corrected chi connectivity index (χ1v) is 10.9. The topological polar surface area (TPSA) is 76.9 Å². The summed E-state index contributed by atoms with van der Waals surface area (Å²) < 4.78 is 30.9. The van der Waals surface area contributed by atoms with E-state index in [1.54, 1.807) is 16.9 Å². The molecule has 2 aliphatic carbocycles. The number of hydrogen-bond acceptors (Lipinski definition) is 5. The van der Waals surface area contributed by atoms with E-state index < -0.39 is 15.6 Å². The normalized spacial score (nSPS) is 20.5. The van der Waals surface area contributed by atoms with Crippen LogP contribution in [0.15, 0.2) is 22.7 Å². The highest BCUT2D eigenvalue weighted by Gasteiger charge is 2.42. The van der Waals surface area contributed by atoms with Crippen molar-refractivity contribution in [3.05, 3.63) is 28.3 Å². The number of nitrogens with one attached hydrogen (secondary N) is 1. The standard InChI is InChI=1S/C16H22N4O2S2/c1-2-20-14(11-13(18-20)12-5-6-12)24(21,22)19-16(7-3-4-8-16)15-17-9-10-23-15/h9-12,19H,2-8H2,1H3. The molecule has 0 radical (unpaired) electrons. The van der Waals surface area contributed by atoms with Gasteiger partial charge < -0.3 is 0 Å². The second-order valence-electron chi connectivity index (χ2n) is 6.73. The molecular formula is C16H22N4O2S2.